The molecular formula is C19H27NO5S. The van der Waals surface area contributed by atoms with Crippen LogP contribution in [0.5, 0.6) is 0 Å². The number of fused-ring (bicyclic) bond motifs is 1. The zero-order valence-corrected chi connectivity index (χ0v) is 16.9. The van der Waals surface area contributed by atoms with Gasteiger partial charge in [-0.2, -0.15) is 0 Å². The van der Waals surface area contributed by atoms with E-state index in [1.807, 2.05) is 0 Å². The maximum absolute atomic E-state index is 12.5. The average Bonchev–Trinajstić information content (AvgIpc) is 2.89. The molecule has 1 atom stereocenters. The van der Waals surface area contributed by atoms with Gasteiger partial charge in [0.2, 0.25) is 0 Å². The van der Waals surface area contributed by atoms with Gasteiger partial charge in [-0.25, -0.2) is 4.79 Å². The van der Waals surface area contributed by atoms with Crippen LogP contribution in [0.2, 0.25) is 0 Å². The molecule has 6 nitrogen and oxygen atoms in total. The van der Waals surface area contributed by atoms with Crippen molar-refractivity contribution in [3.63, 3.8) is 0 Å². The van der Waals surface area contributed by atoms with Gasteiger partial charge in [0.15, 0.2) is 6.61 Å². The SMILES string of the molecule is CCOC(=O)c1c(NC(=O)COC(C)=O)sc2c1CC[C@@H](C(C)(C)C)C2. The molecule has 1 amide bonds. The number of nitrogens with one attached hydrogen (secondary N) is 1. The highest BCUT2D eigenvalue weighted by molar-refractivity contribution is 7.17. The van der Waals surface area contributed by atoms with E-state index in [-0.39, 0.29) is 18.6 Å². The molecule has 0 saturated carbocycles. The molecule has 1 aliphatic carbocycles. The van der Waals surface area contributed by atoms with Crippen molar-refractivity contribution in [3.05, 3.63) is 16.0 Å². The van der Waals surface area contributed by atoms with Gasteiger partial charge in [-0.05, 0) is 43.1 Å². The van der Waals surface area contributed by atoms with Crippen LogP contribution < -0.4 is 5.32 Å². The molecule has 0 aliphatic heterocycles. The van der Waals surface area contributed by atoms with Gasteiger partial charge in [-0.3, -0.25) is 9.59 Å². The quantitative estimate of drug-likeness (QED) is 0.789. The molecule has 0 unspecified atom stereocenters. The maximum atomic E-state index is 12.5. The van der Waals surface area contributed by atoms with Crippen molar-refractivity contribution in [2.75, 3.05) is 18.5 Å². The molecule has 0 saturated heterocycles. The fourth-order valence-corrected chi connectivity index (χ4v) is 4.49. The summed E-state index contributed by atoms with van der Waals surface area (Å²) >= 11 is 1.43. The third-order valence-corrected chi connectivity index (χ3v) is 5.80. The molecule has 0 bridgehead atoms. The minimum Gasteiger partial charge on any atom is -0.462 e. The van der Waals surface area contributed by atoms with Gasteiger partial charge in [0.05, 0.1) is 12.2 Å². The van der Waals surface area contributed by atoms with Crippen LogP contribution in [0, 0.1) is 11.3 Å². The van der Waals surface area contributed by atoms with Crippen LogP contribution in [0.3, 0.4) is 0 Å². The number of rotatable bonds is 5. The van der Waals surface area contributed by atoms with E-state index in [0.717, 1.165) is 29.7 Å². The number of ether oxygens (including phenoxy) is 2. The van der Waals surface area contributed by atoms with Crippen LogP contribution in [0.1, 0.15) is 61.8 Å². The van der Waals surface area contributed by atoms with Crippen LogP contribution in [0.15, 0.2) is 0 Å². The van der Waals surface area contributed by atoms with Crippen LogP contribution >= 0.6 is 11.3 Å². The third kappa shape index (κ3) is 4.84. The normalized spacial score (nSPS) is 16.6. The number of thiophene rings is 1. The first kappa shape index (κ1) is 20.4. The topological polar surface area (TPSA) is 81.7 Å². The Morgan fingerprint density at radius 2 is 1.92 bits per heavy atom. The number of amides is 1. The second kappa shape index (κ2) is 8.20. The van der Waals surface area contributed by atoms with Gasteiger partial charge in [0.25, 0.3) is 5.91 Å². The standard InChI is InChI=1S/C19H27NO5S/c1-6-24-18(23)16-13-8-7-12(19(3,4)5)9-14(13)26-17(16)20-15(22)10-25-11(2)21/h12H,6-10H2,1-5H3,(H,20,22)/t12-/m1/s1. The van der Waals surface area contributed by atoms with Gasteiger partial charge in [-0.1, -0.05) is 20.8 Å². The summed E-state index contributed by atoms with van der Waals surface area (Å²) in [6, 6.07) is 0. The summed E-state index contributed by atoms with van der Waals surface area (Å²) in [5.41, 5.74) is 1.62. The van der Waals surface area contributed by atoms with E-state index in [1.54, 1.807) is 6.92 Å². The van der Waals surface area contributed by atoms with E-state index in [0.29, 0.717) is 16.5 Å². The monoisotopic (exact) mass is 381 g/mol. The summed E-state index contributed by atoms with van der Waals surface area (Å²) in [5.74, 6) is -0.878. The van der Waals surface area contributed by atoms with E-state index in [1.165, 1.54) is 18.3 Å². The summed E-state index contributed by atoms with van der Waals surface area (Å²) in [7, 11) is 0. The molecule has 26 heavy (non-hydrogen) atoms. The molecule has 0 fully saturated rings. The summed E-state index contributed by atoms with van der Waals surface area (Å²) in [6.45, 7) is 9.58. The zero-order valence-electron chi connectivity index (χ0n) is 16.1. The largest absolute Gasteiger partial charge is 0.462 e. The van der Waals surface area contributed by atoms with Crippen LogP contribution in [-0.2, 0) is 31.9 Å². The van der Waals surface area contributed by atoms with E-state index in [4.69, 9.17) is 9.47 Å². The Morgan fingerprint density at radius 1 is 1.23 bits per heavy atom. The number of carbonyl (C=O) groups excluding carboxylic acids is 3. The second-order valence-corrected chi connectivity index (χ2v) is 8.67. The van der Waals surface area contributed by atoms with Crippen molar-refractivity contribution in [3.8, 4) is 0 Å². The van der Waals surface area contributed by atoms with Gasteiger partial charge in [-0.15, -0.1) is 11.3 Å². The molecule has 1 aromatic rings. The number of carbonyl (C=O) groups is 3. The minimum atomic E-state index is -0.524. The number of anilines is 1. The lowest BCUT2D eigenvalue weighted by Gasteiger charge is -2.33. The van der Waals surface area contributed by atoms with Gasteiger partial charge in [0, 0.05) is 11.8 Å². The summed E-state index contributed by atoms with van der Waals surface area (Å²) in [5, 5.41) is 3.20. The van der Waals surface area contributed by atoms with Crippen molar-refractivity contribution in [1.29, 1.82) is 0 Å². The first-order chi connectivity index (χ1) is 12.1. The van der Waals surface area contributed by atoms with Crippen molar-refractivity contribution in [2.24, 2.45) is 11.3 Å². The summed E-state index contributed by atoms with van der Waals surface area (Å²) in [4.78, 5) is 36.5. The fourth-order valence-electron chi connectivity index (χ4n) is 3.16. The lowest BCUT2D eigenvalue weighted by molar-refractivity contribution is -0.144. The van der Waals surface area contributed by atoms with Gasteiger partial charge >= 0.3 is 11.9 Å². The van der Waals surface area contributed by atoms with E-state index >= 15 is 0 Å². The maximum Gasteiger partial charge on any atom is 0.341 e. The molecule has 1 N–H and O–H groups in total. The molecule has 1 aliphatic rings. The Morgan fingerprint density at radius 3 is 2.50 bits per heavy atom. The summed E-state index contributed by atoms with van der Waals surface area (Å²) in [6.07, 6.45) is 2.68. The van der Waals surface area contributed by atoms with Crippen LogP contribution in [0.4, 0.5) is 5.00 Å². The molecule has 7 heteroatoms. The predicted molar refractivity (Wildman–Crippen MR) is 101 cm³/mol. The van der Waals surface area contributed by atoms with Crippen molar-refractivity contribution in [1.82, 2.24) is 0 Å². The predicted octanol–water partition coefficient (Wildman–Crippen LogP) is 3.58. The molecular weight excluding hydrogens is 354 g/mol. The smallest absolute Gasteiger partial charge is 0.341 e. The van der Waals surface area contributed by atoms with Crippen molar-refractivity contribution in [2.45, 2.75) is 53.9 Å². The lowest BCUT2D eigenvalue weighted by atomic mass is 9.72. The van der Waals surface area contributed by atoms with Crippen LogP contribution in [0.25, 0.3) is 0 Å². The highest BCUT2D eigenvalue weighted by Gasteiger charge is 2.34. The number of hydrogen-bond acceptors (Lipinski definition) is 6. The van der Waals surface area contributed by atoms with Crippen LogP contribution in [-0.4, -0.2) is 31.1 Å². The number of hydrogen-bond donors (Lipinski definition) is 1. The van der Waals surface area contributed by atoms with E-state index in [2.05, 4.69) is 26.1 Å². The first-order valence-electron chi connectivity index (χ1n) is 8.88. The fraction of sp³-hybridized carbons (Fsp3) is 0.632. The molecule has 0 aromatic carbocycles. The Hall–Kier alpha value is -1.89. The molecule has 144 valence electrons. The summed E-state index contributed by atoms with van der Waals surface area (Å²) < 4.78 is 9.92. The Kier molecular flexibility index (Phi) is 6.44. The van der Waals surface area contributed by atoms with Crippen molar-refractivity contribution < 1.29 is 23.9 Å². The van der Waals surface area contributed by atoms with Gasteiger partial charge < -0.3 is 14.8 Å². The average molecular weight is 381 g/mol. The Bertz CT molecular complexity index is 702. The van der Waals surface area contributed by atoms with E-state index in [9.17, 15) is 14.4 Å². The van der Waals surface area contributed by atoms with E-state index < -0.39 is 17.8 Å². The minimum absolute atomic E-state index is 0.185. The highest BCUT2D eigenvalue weighted by atomic mass is 32.1. The molecule has 1 aromatic heterocycles. The first-order valence-corrected chi connectivity index (χ1v) is 9.70. The highest BCUT2D eigenvalue weighted by Crippen LogP contribution is 2.44. The molecule has 2 rings (SSSR count). The Balaban J connectivity index is 2.29. The lowest BCUT2D eigenvalue weighted by Crippen LogP contribution is -2.26. The zero-order chi connectivity index (χ0) is 19.5. The molecule has 1 heterocycles. The molecule has 0 spiro atoms. The van der Waals surface area contributed by atoms with Crippen molar-refractivity contribution >= 4 is 34.2 Å². The Labute approximate surface area is 158 Å². The molecule has 0 radical (unpaired) electrons. The second-order valence-electron chi connectivity index (χ2n) is 7.56. The third-order valence-electron chi connectivity index (χ3n) is 4.63. The van der Waals surface area contributed by atoms with Gasteiger partial charge in [0.1, 0.15) is 5.00 Å². The number of esters is 2.